The SMILES string of the molecule is Cc1nnc(SCCNC(=O)N(C)Cc2cc(C3CC3)on2)s1. The van der Waals surface area contributed by atoms with Crippen molar-refractivity contribution in [2.24, 2.45) is 0 Å². The van der Waals surface area contributed by atoms with Crippen molar-refractivity contribution in [1.29, 1.82) is 0 Å². The highest BCUT2D eigenvalue weighted by Gasteiger charge is 2.28. The Hall–Kier alpha value is -1.61. The first-order valence-electron chi connectivity index (χ1n) is 7.49. The molecule has 7 nitrogen and oxygen atoms in total. The minimum Gasteiger partial charge on any atom is -0.361 e. The number of carbonyl (C=O) groups is 1. The second-order valence-corrected chi connectivity index (χ2v) is 8.04. The summed E-state index contributed by atoms with van der Waals surface area (Å²) in [5.74, 6) is 2.25. The van der Waals surface area contributed by atoms with E-state index < -0.39 is 0 Å². The van der Waals surface area contributed by atoms with Crippen molar-refractivity contribution in [3.05, 3.63) is 22.5 Å². The van der Waals surface area contributed by atoms with Crippen LogP contribution in [0.5, 0.6) is 0 Å². The number of hydrogen-bond acceptors (Lipinski definition) is 7. The maximum Gasteiger partial charge on any atom is 0.317 e. The maximum absolute atomic E-state index is 12.0. The van der Waals surface area contributed by atoms with Gasteiger partial charge in [-0.25, -0.2) is 4.79 Å². The average Bonchev–Trinajstić information content (AvgIpc) is 3.14. The van der Waals surface area contributed by atoms with E-state index in [1.54, 1.807) is 35.0 Å². The second kappa shape index (κ2) is 7.31. The van der Waals surface area contributed by atoms with Crippen LogP contribution in [0.1, 0.15) is 35.2 Å². The van der Waals surface area contributed by atoms with Gasteiger partial charge in [-0.15, -0.1) is 10.2 Å². The van der Waals surface area contributed by atoms with Crippen molar-refractivity contribution in [3.63, 3.8) is 0 Å². The van der Waals surface area contributed by atoms with Gasteiger partial charge in [0.25, 0.3) is 0 Å². The number of thioether (sulfide) groups is 1. The zero-order valence-electron chi connectivity index (χ0n) is 13.1. The first-order valence-corrected chi connectivity index (χ1v) is 9.29. The number of aryl methyl sites for hydroxylation is 1. The normalized spacial score (nSPS) is 14.0. The molecule has 2 amide bonds. The van der Waals surface area contributed by atoms with Crippen LogP contribution in [0.3, 0.4) is 0 Å². The van der Waals surface area contributed by atoms with Crippen molar-refractivity contribution in [1.82, 2.24) is 25.6 Å². The third-order valence-corrected chi connectivity index (χ3v) is 5.39. The van der Waals surface area contributed by atoms with Gasteiger partial charge in [-0.2, -0.15) is 0 Å². The van der Waals surface area contributed by atoms with Gasteiger partial charge in [-0.1, -0.05) is 28.3 Å². The highest BCUT2D eigenvalue weighted by Crippen LogP contribution is 2.40. The van der Waals surface area contributed by atoms with E-state index in [4.69, 9.17) is 4.52 Å². The Labute approximate surface area is 142 Å². The second-order valence-electron chi connectivity index (χ2n) is 5.52. The molecule has 1 aliphatic carbocycles. The van der Waals surface area contributed by atoms with E-state index in [0.29, 0.717) is 19.0 Å². The molecule has 2 aromatic heterocycles. The number of aromatic nitrogens is 3. The number of hydrogen-bond donors (Lipinski definition) is 1. The van der Waals surface area contributed by atoms with Gasteiger partial charge in [0.15, 0.2) is 4.34 Å². The van der Waals surface area contributed by atoms with E-state index in [1.807, 2.05) is 13.0 Å². The smallest absolute Gasteiger partial charge is 0.317 e. The van der Waals surface area contributed by atoms with Crippen molar-refractivity contribution in [2.45, 2.75) is 36.6 Å². The zero-order chi connectivity index (χ0) is 16.2. The third-order valence-electron chi connectivity index (χ3n) is 3.41. The number of urea groups is 1. The maximum atomic E-state index is 12.0. The minimum absolute atomic E-state index is 0.116. The molecule has 0 aromatic carbocycles. The summed E-state index contributed by atoms with van der Waals surface area (Å²) < 4.78 is 6.23. The lowest BCUT2D eigenvalue weighted by Gasteiger charge is -2.16. The standard InChI is InChI=1S/C14H19N5O2S2/c1-9-16-17-14(23-9)22-6-5-15-13(20)19(2)8-11-7-12(21-18-11)10-3-4-10/h7,10H,3-6,8H2,1-2H3,(H,15,20). The molecule has 0 atom stereocenters. The summed E-state index contributed by atoms with van der Waals surface area (Å²) in [5.41, 5.74) is 0.795. The van der Waals surface area contributed by atoms with Crippen molar-refractivity contribution in [2.75, 3.05) is 19.3 Å². The molecular weight excluding hydrogens is 334 g/mol. The molecule has 0 saturated heterocycles. The van der Waals surface area contributed by atoms with Crippen LogP contribution in [0.2, 0.25) is 0 Å². The Bertz CT molecular complexity index is 668. The molecule has 23 heavy (non-hydrogen) atoms. The van der Waals surface area contributed by atoms with Gasteiger partial charge >= 0.3 is 6.03 Å². The summed E-state index contributed by atoms with van der Waals surface area (Å²) in [5, 5.41) is 15.9. The van der Waals surface area contributed by atoms with E-state index in [1.165, 1.54) is 12.8 Å². The summed E-state index contributed by atoms with van der Waals surface area (Å²) >= 11 is 3.16. The highest BCUT2D eigenvalue weighted by molar-refractivity contribution is 8.01. The lowest BCUT2D eigenvalue weighted by Crippen LogP contribution is -2.37. The van der Waals surface area contributed by atoms with Gasteiger partial charge in [0.2, 0.25) is 0 Å². The molecule has 124 valence electrons. The lowest BCUT2D eigenvalue weighted by atomic mass is 10.3. The van der Waals surface area contributed by atoms with Crippen molar-refractivity contribution < 1.29 is 9.32 Å². The number of nitrogens with zero attached hydrogens (tertiary/aromatic N) is 4. The molecule has 2 aromatic rings. The molecule has 0 radical (unpaired) electrons. The topological polar surface area (TPSA) is 84.2 Å². The van der Waals surface area contributed by atoms with Crippen LogP contribution in [0.25, 0.3) is 0 Å². The fourth-order valence-electron chi connectivity index (χ4n) is 2.05. The summed E-state index contributed by atoms with van der Waals surface area (Å²) in [4.78, 5) is 13.6. The van der Waals surface area contributed by atoms with Gasteiger partial charge in [0.1, 0.15) is 16.5 Å². The molecule has 0 aliphatic heterocycles. The molecule has 1 N–H and O–H groups in total. The molecule has 2 heterocycles. The first-order chi connectivity index (χ1) is 11.1. The predicted molar refractivity (Wildman–Crippen MR) is 88.7 cm³/mol. The summed E-state index contributed by atoms with van der Waals surface area (Å²) in [6.45, 7) is 2.96. The average molecular weight is 353 g/mol. The molecule has 0 unspecified atom stereocenters. The molecule has 9 heteroatoms. The van der Waals surface area contributed by atoms with E-state index >= 15 is 0 Å². The number of nitrogens with one attached hydrogen (secondary N) is 1. The molecular formula is C14H19N5O2S2. The van der Waals surface area contributed by atoms with Gasteiger partial charge in [-0.3, -0.25) is 0 Å². The van der Waals surface area contributed by atoms with Crippen LogP contribution in [0, 0.1) is 6.92 Å². The summed E-state index contributed by atoms with van der Waals surface area (Å²) in [6, 6.07) is 1.84. The van der Waals surface area contributed by atoms with Gasteiger partial charge in [0, 0.05) is 31.3 Å². The van der Waals surface area contributed by atoms with E-state index in [9.17, 15) is 4.79 Å². The quantitative estimate of drug-likeness (QED) is 0.608. The molecule has 0 spiro atoms. The van der Waals surface area contributed by atoms with Crippen LogP contribution in [0.4, 0.5) is 4.79 Å². The first kappa shape index (κ1) is 16.3. The molecule has 1 fully saturated rings. The lowest BCUT2D eigenvalue weighted by molar-refractivity contribution is 0.206. The van der Waals surface area contributed by atoms with Crippen LogP contribution in [0.15, 0.2) is 14.9 Å². The van der Waals surface area contributed by atoms with Crippen LogP contribution in [-0.2, 0) is 6.54 Å². The van der Waals surface area contributed by atoms with Gasteiger partial charge in [-0.05, 0) is 19.8 Å². The summed E-state index contributed by atoms with van der Waals surface area (Å²) in [7, 11) is 1.75. The molecule has 3 rings (SSSR count). The summed E-state index contributed by atoms with van der Waals surface area (Å²) in [6.07, 6.45) is 2.35. The van der Waals surface area contributed by atoms with Crippen LogP contribution < -0.4 is 5.32 Å². The predicted octanol–water partition coefficient (Wildman–Crippen LogP) is 2.65. The Morgan fingerprint density at radius 3 is 3.04 bits per heavy atom. The van der Waals surface area contributed by atoms with E-state index in [2.05, 4.69) is 20.7 Å². The Morgan fingerprint density at radius 1 is 1.52 bits per heavy atom. The Kier molecular flexibility index (Phi) is 5.16. The largest absolute Gasteiger partial charge is 0.361 e. The number of rotatable bonds is 7. The van der Waals surface area contributed by atoms with E-state index in [0.717, 1.165) is 26.6 Å². The van der Waals surface area contributed by atoms with Gasteiger partial charge < -0.3 is 14.7 Å². The van der Waals surface area contributed by atoms with Crippen molar-refractivity contribution in [3.8, 4) is 0 Å². The minimum atomic E-state index is -0.116. The monoisotopic (exact) mass is 353 g/mol. The number of carbonyl (C=O) groups excluding carboxylic acids is 1. The van der Waals surface area contributed by atoms with Crippen molar-refractivity contribution >= 4 is 29.1 Å². The van der Waals surface area contributed by atoms with Crippen LogP contribution in [-0.4, -0.2) is 45.6 Å². The molecule has 0 bridgehead atoms. The Balaban J connectivity index is 1.36. The van der Waals surface area contributed by atoms with Crippen LogP contribution >= 0.6 is 23.1 Å². The Morgan fingerprint density at radius 2 is 2.35 bits per heavy atom. The zero-order valence-corrected chi connectivity index (χ0v) is 14.7. The third kappa shape index (κ3) is 4.68. The van der Waals surface area contributed by atoms with E-state index in [-0.39, 0.29) is 6.03 Å². The molecule has 1 aliphatic rings. The fourth-order valence-corrected chi connectivity index (χ4v) is 3.79. The molecule has 1 saturated carbocycles. The highest BCUT2D eigenvalue weighted by atomic mass is 32.2. The van der Waals surface area contributed by atoms with Gasteiger partial charge in [0.05, 0.1) is 6.54 Å². The number of amides is 2. The fraction of sp³-hybridized carbons (Fsp3) is 0.571.